The van der Waals surface area contributed by atoms with Crippen LogP contribution in [0.4, 0.5) is 0 Å². The Balaban J connectivity index is 2.93. The van der Waals surface area contributed by atoms with Gasteiger partial charge in [-0.25, -0.2) is 0 Å². The molecule has 0 heterocycles. The van der Waals surface area contributed by atoms with E-state index in [1.54, 1.807) is 14.2 Å². The summed E-state index contributed by atoms with van der Waals surface area (Å²) in [6.45, 7) is 4.27. The van der Waals surface area contributed by atoms with Crippen molar-refractivity contribution in [1.29, 1.82) is 0 Å². The fourth-order valence-electron chi connectivity index (χ4n) is 2.14. The molecule has 1 N–H and O–H groups in total. The maximum absolute atomic E-state index is 10.4. The second kappa shape index (κ2) is 6.88. The Labute approximate surface area is 110 Å². The first-order valence-corrected chi connectivity index (χ1v) is 6.40. The van der Waals surface area contributed by atoms with Gasteiger partial charge < -0.3 is 14.6 Å². The average molecular weight is 252 g/mol. The highest BCUT2D eigenvalue weighted by Gasteiger charge is 2.40. The van der Waals surface area contributed by atoms with Crippen molar-refractivity contribution in [2.45, 2.75) is 38.6 Å². The summed E-state index contributed by atoms with van der Waals surface area (Å²) in [5, 5.41) is 10.4. The van der Waals surface area contributed by atoms with Crippen LogP contribution >= 0.6 is 0 Å². The Hall–Kier alpha value is -0.900. The van der Waals surface area contributed by atoms with Crippen molar-refractivity contribution >= 4 is 0 Å². The minimum atomic E-state index is -1.07. The second-order valence-corrected chi connectivity index (χ2v) is 4.93. The van der Waals surface area contributed by atoms with Gasteiger partial charge in [-0.15, -0.1) is 0 Å². The second-order valence-electron chi connectivity index (χ2n) is 4.93. The van der Waals surface area contributed by atoms with Crippen LogP contribution in [-0.2, 0) is 15.3 Å². The van der Waals surface area contributed by atoms with Crippen LogP contribution in [0.2, 0.25) is 0 Å². The molecule has 18 heavy (non-hydrogen) atoms. The normalized spacial score (nSPS) is 13.9. The van der Waals surface area contributed by atoms with Crippen molar-refractivity contribution < 1.29 is 14.6 Å². The minimum Gasteiger partial charge on any atom is -0.387 e. The number of ether oxygens (including phenoxy) is 2. The van der Waals surface area contributed by atoms with E-state index < -0.39 is 11.9 Å². The van der Waals surface area contributed by atoms with E-state index in [4.69, 9.17) is 9.47 Å². The molecule has 0 fully saturated rings. The molecule has 1 aromatic rings. The van der Waals surface area contributed by atoms with Gasteiger partial charge in [-0.1, -0.05) is 44.2 Å². The van der Waals surface area contributed by atoms with E-state index in [0.29, 0.717) is 12.3 Å². The molecule has 1 unspecified atom stereocenters. The third-order valence-electron chi connectivity index (χ3n) is 3.24. The van der Waals surface area contributed by atoms with Gasteiger partial charge in [0.25, 0.3) is 0 Å². The van der Waals surface area contributed by atoms with E-state index in [1.165, 1.54) is 0 Å². The monoisotopic (exact) mass is 252 g/mol. The van der Waals surface area contributed by atoms with Crippen LogP contribution in [0.5, 0.6) is 0 Å². The smallest absolute Gasteiger partial charge is 0.221 e. The van der Waals surface area contributed by atoms with Crippen molar-refractivity contribution in [3.63, 3.8) is 0 Å². The highest BCUT2D eigenvalue weighted by Crippen LogP contribution is 2.32. The number of aliphatic hydroxyl groups excluding tert-OH is 1. The lowest BCUT2D eigenvalue weighted by atomic mass is 9.94. The summed E-state index contributed by atoms with van der Waals surface area (Å²) in [6.07, 6.45) is 0.897. The van der Waals surface area contributed by atoms with Crippen molar-refractivity contribution in [1.82, 2.24) is 0 Å². The van der Waals surface area contributed by atoms with E-state index in [1.807, 2.05) is 30.3 Å². The molecule has 102 valence electrons. The zero-order valence-corrected chi connectivity index (χ0v) is 11.7. The van der Waals surface area contributed by atoms with E-state index in [-0.39, 0.29) is 0 Å². The molecule has 1 rings (SSSR count). The first-order valence-electron chi connectivity index (χ1n) is 6.40. The van der Waals surface area contributed by atoms with Gasteiger partial charge in [-0.2, -0.15) is 0 Å². The third kappa shape index (κ3) is 3.31. The van der Waals surface area contributed by atoms with Gasteiger partial charge in [0.15, 0.2) is 0 Å². The molecule has 0 saturated heterocycles. The number of hydrogen-bond acceptors (Lipinski definition) is 3. The maximum Gasteiger partial charge on any atom is 0.221 e. The molecular formula is C15H24O3. The fourth-order valence-corrected chi connectivity index (χ4v) is 2.14. The highest BCUT2D eigenvalue weighted by atomic mass is 16.7. The fraction of sp³-hybridized carbons (Fsp3) is 0.600. The first kappa shape index (κ1) is 15.2. The SMILES string of the molecule is COC(OC)(c1ccccc1)C(O)CCC(C)C. The highest BCUT2D eigenvalue weighted by molar-refractivity contribution is 5.21. The molecule has 0 aliphatic rings. The molecule has 1 aromatic carbocycles. The predicted molar refractivity (Wildman–Crippen MR) is 72.2 cm³/mol. The quantitative estimate of drug-likeness (QED) is 0.758. The van der Waals surface area contributed by atoms with E-state index in [0.717, 1.165) is 12.0 Å². The van der Waals surface area contributed by atoms with Crippen molar-refractivity contribution in [2.24, 2.45) is 5.92 Å². The molecule has 0 aliphatic carbocycles. The van der Waals surface area contributed by atoms with E-state index in [2.05, 4.69) is 13.8 Å². The molecule has 0 amide bonds. The molecule has 0 radical (unpaired) electrons. The Morgan fingerprint density at radius 3 is 2.06 bits per heavy atom. The third-order valence-corrected chi connectivity index (χ3v) is 3.24. The summed E-state index contributed by atoms with van der Waals surface area (Å²) >= 11 is 0. The molecule has 3 nitrogen and oxygen atoms in total. The first-order chi connectivity index (χ1) is 8.56. The number of hydrogen-bond donors (Lipinski definition) is 1. The van der Waals surface area contributed by atoms with Crippen LogP contribution < -0.4 is 0 Å². The van der Waals surface area contributed by atoms with Gasteiger partial charge in [-0.3, -0.25) is 0 Å². The molecule has 0 saturated carbocycles. The van der Waals surface area contributed by atoms with Crippen LogP contribution in [0.15, 0.2) is 30.3 Å². The lowest BCUT2D eigenvalue weighted by Crippen LogP contribution is -2.43. The molecule has 0 bridgehead atoms. The number of aliphatic hydroxyl groups is 1. The number of rotatable bonds is 7. The molecule has 0 aromatic heterocycles. The van der Waals surface area contributed by atoms with Crippen LogP contribution in [0.3, 0.4) is 0 Å². The Morgan fingerprint density at radius 2 is 1.61 bits per heavy atom. The largest absolute Gasteiger partial charge is 0.387 e. The lowest BCUT2D eigenvalue weighted by Gasteiger charge is -2.36. The van der Waals surface area contributed by atoms with Gasteiger partial charge in [-0.05, 0) is 18.8 Å². The Kier molecular flexibility index (Phi) is 5.79. The van der Waals surface area contributed by atoms with Gasteiger partial charge in [0.2, 0.25) is 5.79 Å². The van der Waals surface area contributed by atoms with E-state index >= 15 is 0 Å². The van der Waals surface area contributed by atoms with Gasteiger partial charge >= 0.3 is 0 Å². The summed E-state index contributed by atoms with van der Waals surface area (Å²) in [5.41, 5.74) is 0.839. The lowest BCUT2D eigenvalue weighted by molar-refractivity contribution is -0.270. The van der Waals surface area contributed by atoms with Crippen LogP contribution in [0.1, 0.15) is 32.3 Å². The Bertz CT molecular complexity index is 331. The number of methoxy groups -OCH3 is 2. The van der Waals surface area contributed by atoms with Gasteiger partial charge in [0.05, 0.1) is 0 Å². The van der Waals surface area contributed by atoms with Crippen molar-refractivity contribution in [3.8, 4) is 0 Å². The molecule has 0 spiro atoms. The summed E-state index contributed by atoms with van der Waals surface area (Å²) in [4.78, 5) is 0. The predicted octanol–water partition coefficient (Wildman–Crippen LogP) is 2.93. The maximum atomic E-state index is 10.4. The average Bonchev–Trinajstić information content (AvgIpc) is 2.39. The zero-order valence-electron chi connectivity index (χ0n) is 11.7. The van der Waals surface area contributed by atoms with Gasteiger partial charge in [0.1, 0.15) is 6.10 Å². The molecule has 1 atom stereocenters. The van der Waals surface area contributed by atoms with Crippen molar-refractivity contribution in [3.05, 3.63) is 35.9 Å². The van der Waals surface area contributed by atoms with Crippen LogP contribution in [-0.4, -0.2) is 25.4 Å². The summed E-state index contributed by atoms with van der Waals surface area (Å²) in [5.74, 6) is -0.530. The molecular weight excluding hydrogens is 228 g/mol. The summed E-state index contributed by atoms with van der Waals surface area (Å²) in [6, 6.07) is 9.58. The van der Waals surface area contributed by atoms with Crippen LogP contribution in [0, 0.1) is 5.92 Å². The topological polar surface area (TPSA) is 38.7 Å². The van der Waals surface area contributed by atoms with Crippen LogP contribution in [0.25, 0.3) is 0 Å². The standard InChI is InChI=1S/C15H24O3/c1-12(2)10-11-14(16)15(17-3,18-4)13-8-6-5-7-9-13/h5-9,12,14,16H,10-11H2,1-4H3. The molecule has 3 heteroatoms. The van der Waals surface area contributed by atoms with Crippen molar-refractivity contribution in [2.75, 3.05) is 14.2 Å². The zero-order chi connectivity index (χ0) is 13.6. The minimum absolute atomic E-state index is 0.543. The van der Waals surface area contributed by atoms with E-state index in [9.17, 15) is 5.11 Å². The number of benzene rings is 1. The summed E-state index contributed by atoms with van der Waals surface area (Å²) < 4.78 is 11.0. The van der Waals surface area contributed by atoms with Gasteiger partial charge in [0, 0.05) is 19.8 Å². The molecule has 0 aliphatic heterocycles. The summed E-state index contributed by atoms with van der Waals surface area (Å²) in [7, 11) is 3.13. The Morgan fingerprint density at radius 1 is 1.06 bits per heavy atom.